The van der Waals surface area contributed by atoms with Gasteiger partial charge in [0.05, 0.1) is 15.6 Å². The largest absolute Gasteiger partial charge is 0.317 e. The van der Waals surface area contributed by atoms with Gasteiger partial charge in [0.15, 0.2) is 5.84 Å². The smallest absolute Gasteiger partial charge is 0.283 e. The predicted octanol–water partition coefficient (Wildman–Crippen LogP) is 5.59. The Hall–Kier alpha value is -2.35. The van der Waals surface area contributed by atoms with Crippen molar-refractivity contribution in [1.82, 2.24) is 9.58 Å². The van der Waals surface area contributed by atoms with E-state index in [0.717, 1.165) is 35.7 Å². The van der Waals surface area contributed by atoms with Gasteiger partial charge in [-0.2, -0.15) is 15.1 Å². The van der Waals surface area contributed by atoms with Gasteiger partial charge in [-0.25, -0.2) is 0 Å². The molecule has 3 heterocycles. The molecule has 1 N–H and O–H groups in total. The molecule has 0 saturated carbocycles. The first-order chi connectivity index (χ1) is 14.0. The van der Waals surface area contributed by atoms with E-state index in [4.69, 9.17) is 28.6 Å². The number of amidine groups is 2. The van der Waals surface area contributed by atoms with Crippen molar-refractivity contribution >= 4 is 63.0 Å². The number of halogens is 2. The first kappa shape index (κ1) is 19.9. The molecule has 2 aliphatic heterocycles. The van der Waals surface area contributed by atoms with Crippen LogP contribution in [0.3, 0.4) is 0 Å². The first-order valence-electron chi connectivity index (χ1n) is 9.10. The number of fused-ring (bicyclic) bond motifs is 1. The van der Waals surface area contributed by atoms with Gasteiger partial charge in [-0.1, -0.05) is 36.5 Å². The molecular weight excluding hydrogens is 429 g/mol. The van der Waals surface area contributed by atoms with Gasteiger partial charge in [0, 0.05) is 17.6 Å². The molecule has 1 aromatic heterocycles. The number of hydrogen-bond donors (Lipinski definition) is 1. The van der Waals surface area contributed by atoms with Crippen molar-refractivity contribution in [2.45, 2.75) is 26.2 Å². The minimum atomic E-state index is -0.442. The van der Waals surface area contributed by atoms with Crippen LogP contribution in [0, 0.1) is 5.41 Å². The lowest BCUT2D eigenvalue weighted by atomic mass is 10.1. The number of hydrogen-bond acceptors (Lipinski definition) is 4. The SMILES string of the molecule is CCCCC1=NN2C(=N)/C(=C/c3cccn3-c3ccc(Cl)c(Cl)c3)C(=O)N=C2S1. The maximum atomic E-state index is 12.6. The molecule has 2 aliphatic rings. The second kappa shape index (κ2) is 8.18. The van der Waals surface area contributed by atoms with Crippen molar-refractivity contribution in [3.63, 3.8) is 0 Å². The maximum Gasteiger partial charge on any atom is 0.283 e. The molecule has 6 nitrogen and oxygen atoms in total. The Morgan fingerprint density at radius 1 is 1.24 bits per heavy atom. The molecule has 1 amide bonds. The van der Waals surface area contributed by atoms with E-state index in [9.17, 15) is 4.79 Å². The second-order valence-electron chi connectivity index (χ2n) is 6.52. The molecule has 0 atom stereocenters. The van der Waals surface area contributed by atoms with Crippen molar-refractivity contribution in [1.29, 1.82) is 5.41 Å². The fraction of sp³-hybridized carbons (Fsp3) is 0.200. The number of amides is 1. The molecule has 0 saturated heterocycles. The van der Waals surface area contributed by atoms with Crippen LogP contribution in [0.25, 0.3) is 11.8 Å². The first-order valence-corrected chi connectivity index (χ1v) is 10.7. The van der Waals surface area contributed by atoms with Crippen LogP contribution >= 0.6 is 35.0 Å². The zero-order valence-corrected chi connectivity index (χ0v) is 17.9. The number of benzene rings is 1. The number of unbranched alkanes of at least 4 members (excludes halogenated alkanes) is 1. The highest BCUT2D eigenvalue weighted by Crippen LogP contribution is 2.31. The van der Waals surface area contributed by atoms with Crippen molar-refractivity contribution in [3.8, 4) is 5.69 Å². The van der Waals surface area contributed by atoms with Gasteiger partial charge >= 0.3 is 0 Å². The zero-order valence-electron chi connectivity index (χ0n) is 15.5. The second-order valence-corrected chi connectivity index (χ2v) is 8.37. The van der Waals surface area contributed by atoms with E-state index < -0.39 is 5.91 Å². The fourth-order valence-corrected chi connectivity index (χ4v) is 4.21. The molecule has 0 spiro atoms. The molecule has 2 aromatic rings. The zero-order chi connectivity index (χ0) is 20.5. The van der Waals surface area contributed by atoms with Gasteiger partial charge < -0.3 is 4.57 Å². The topological polar surface area (TPSA) is 73.8 Å². The van der Waals surface area contributed by atoms with Gasteiger partial charge in [0.25, 0.3) is 5.91 Å². The van der Waals surface area contributed by atoms with Crippen LogP contribution in [0.1, 0.15) is 31.9 Å². The number of nitrogens with zero attached hydrogens (tertiary/aromatic N) is 4. The Bertz CT molecular complexity index is 1100. The summed E-state index contributed by atoms with van der Waals surface area (Å²) in [5.74, 6) is -0.413. The predicted molar refractivity (Wildman–Crippen MR) is 120 cm³/mol. The minimum absolute atomic E-state index is 0.0286. The summed E-state index contributed by atoms with van der Waals surface area (Å²) in [5.41, 5.74) is 1.71. The molecule has 0 aliphatic carbocycles. The number of nitrogens with one attached hydrogen (secondary N) is 1. The summed E-state index contributed by atoms with van der Waals surface area (Å²) in [6.45, 7) is 2.11. The number of rotatable bonds is 5. The Morgan fingerprint density at radius 3 is 2.83 bits per heavy atom. The van der Waals surface area contributed by atoms with E-state index in [1.807, 2.05) is 29.0 Å². The van der Waals surface area contributed by atoms with Gasteiger partial charge in [0.1, 0.15) is 5.04 Å². The third-order valence-corrected chi connectivity index (χ3v) is 6.20. The van der Waals surface area contributed by atoms with Gasteiger partial charge in [-0.15, -0.1) is 0 Å². The molecule has 0 fully saturated rings. The van der Waals surface area contributed by atoms with Crippen molar-refractivity contribution in [3.05, 3.63) is 57.8 Å². The molecule has 1 aromatic carbocycles. The van der Waals surface area contributed by atoms with E-state index in [1.54, 1.807) is 18.2 Å². The van der Waals surface area contributed by atoms with E-state index in [2.05, 4.69) is 17.0 Å². The van der Waals surface area contributed by atoms with Gasteiger partial charge in [-0.3, -0.25) is 10.2 Å². The maximum absolute atomic E-state index is 12.6. The summed E-state index contributed by atoms with van der Waals surface area (Å²) in [4.78, 5) is 16.7. The number of aromatic nitrogens is 1. The highest BCUT2D eigenvalue weighted by molar-refractivity contribution is 8.26. The summed E-state index contributed by atoms with van der Waals surface area (Å²) in [6, 6.07) is 9.01. The average molecular weight is 446 g/mol. The van der Waals surface area contributed by atoms with E-state index in [0.29, 0.717) is 15.2 Å². The monoisotopic (exact) mass is 445 g/mol. The molecule has 29 heavy (non-hydrogen) atoms. The fourth-order valence-electron chi connectivity index (χ4n) is 2.99. The average Bonchev–Trinajstić information content (AvgIpc) is 3.32. The molecule has 0 bridgehead atoms. The van der Waals surface area contributed by atoms with Crippen LogP contribution in [0.2, 0.25) is 10.0 Å². The number of carbonyl (C=O) groups is 1. The molecule has 4 rings (SSSR count). The Balaban J connectivity index is 1.67. The highest BCUT2D eigenvalue weighted by Gasteiger charge is 2.35. The lowest BCUT2D eigenvalue weighted by Gasteiger charge is -2.20. The molecule has 148 valence electrons. The van der Waals surface area contributed by atoms with Crippen LogP contribution in [0.5, 0.6) is 0 Å². The minimum Gasteiger partial charge on any atom is -0.317 e. The van der Waals surface area contributed by atoms with Crippen LogP contribution in [0.15, 0.2) is 52.2 Å². The van der Waals surface area contributed by atoms with Crippen molar-refractivity contribution in [2.75, 3.05) is 0 Å². The van der Waals surface area contributed by atoms with Crippen LogP contribution in [-0.4, -0.2) is 31.5 Å². The Kier molecular flexibility index (Phi) is 5.63. The van der Waals surface area contributed by atoms with Gasteiger partial charge in [-0.05, 0) is 61.0 Å². The van der Waals surface area contributed by atoms with Gasteiger partial charge in [0.2, 0.25) is 5.17 Å². The highest BCUT2D eigenvalue weighted by atomic mass is 35.5. The van der Waals surface area contributed by atoms with E-state index in [-0.39, 0.29) is 11.4 Å². The summed E-state index contributed by atoms with van der Waals surface area (Å²) in [6.07, 6.45) is 6.38. The summed E-state index contributed by atoms with van der Waals surface area (Å²) < 4.78 is 1.86. The van der Waals surface area contributed by atoms with E-state index >= 15 is 0 Å². The molecular formula is C20H17Cl2N5OS. The van der Waals surface area contributed by atoms with Crippen LogP contribution in [-0.2, 0) is 4.79 Å². The standard InChI is InChI=1S/C20H17Cl2N5OS/c1-2-3-6-17-25-27-18(23)14(19(28)24-20(27)29-17)10-12-5-4-9-26(12)13-7-8-15(21)16(22)11-13/h4-5,7-11,23H,2-3,6H2,1H3/b14-10-,23-18?. The molecule has 0 unspecified atom stereocenters. The normalized spacial score (nSPS) is 17.6. The number of aliphatic imine (C=N–C) groups is 1. The number of carbonyl (C=O) groups excluding carboxylic acids is 1. The van der Waals surface area contributed by atoms with Crippen molar-refractivity contribution < 1.29 is 4.79 Å². The third kappa shape index (κ3) is 3.90. The van der Waals surface area contributed by atoms with Crippen LogP contribution < -0.4 is 0 Å². The van der Waals surface area contributed by atoms with Crippen molar-refractivity contribution in [2.24, 2.45) is 10.1 Å². The summed E-state index contributed by atoms with van der Waals surface area (Å²) in [7, 11) is 0. The number of hydrazone groups is 1. The third-order valence-electron chi connectivity index (χ3n) is 4.49. The Morgan fingerprint density at radius 2 is 2.07 bits per heavy atom. The molecule has 0 radical (unpaired) electrons. The lowest BCUT2D eigenvalue weighted by Crippen LogP contribution is -2.35. The summed E-state index contributed by atoms with van der Waals surface area (Å²) in [5, 5.41) is 16.6. The Labute approximate surface area is 182 Å². The number of thioether (sulfide) groups is 1. The summed E-state index contributed by atoms with van der Waals surface area (Å²) >= 11 is 13.5. The quantitative estimate of drug-likeness (QED) is 0.609. The lowest BCUT2D eigenvalue weighted by molar-refractivity contribution is -0.114. The van der Waals surface area contributed by atoms with E-state index in [1.165, 1.54) is 16.8 Å². The molecule has 9 heteroatoms. The van der Waals surface area contributed by atoms with Crippen LogP contribution in [0.4, 0.5) is 0 Å².